The number of carbonyl (C=O) groups excluding carboxylic acids is 2. The van der Waals surface area contributed by atoms with Crippen LogP contribution in [0.2, 0.25) is 5.02 Å². The first-order valence-corrected chi connectivity index (χ1v) is 9.36. The van der Waals surface area contributed by atoms with E-state index in [0.717, 1.165) is 10.0 Å². The van der Waals surface area contributed by atoms with E-state index in [-0.39, 0.29) is 5.91 Å². The minimum Gasteiger partial charge on any atom is -0.423 e. The van der Waals surface area contributed by atoms with E-state index in [2.05, 4.69) is 26.5 Å². The lowest BCUT2D eigenvalue weighted by molar-refractivity contribution is 0.0734. The van der Waals surface area contributed by atoms with Crippen molar-refractivity contribution in [2.75, 3.05) is 0 Å². The Morgan fingerprint density at radius 3 is 2.46 bits per heavy atom. The molecule has 3 aromatic rings. The highest BCUT2D eigenvalue weighted by atomic mass is 79.9. The molecule has 0 aromatic heterocycles. The third-order valence-corrected chi connectivity index (χ3v) is 4.47. The minimum absolute atomic E-state index is 0.296. The lowest BCUT2D eigenvalue weighted by Crippen LogP contribution is -2.17. The SMILES string of the molecule is O=C(N/N=C\c1ccc(OC(=O)c2ccccc2Cl)cc1)c1cccc(Br)c1. The van der Waals surface area contributed by atoms with Crippen molar-refractivity contribution in [1.82, 2.24) is 5.43 Å². The normalized spacial score (nSPS) is 10.6. The zero-order valence-corrected chi connectivity index (χ0v) is 16.8. The van der Waals surface area contributed by atoms with Crippen molar-refractivity contribution in [3.05, 3.63) is 99.0 Å². The molecule has 28 heavy (non-hydrogen) atoms. The summed E-state index contributed by atoms with van der Waals surface area (Å²) >= 11 is 9.31. The molecule has 0 radical (unpaired) electrons. The fraction of sp³-hybridized carbons (Fsp3) is 0. The van der Waals surface area contributed by atoms with E-state index in [0.29, 0.717) is 21.9 Å². The van der Waals surface area contributed by atoms with Gasteiger partial charge < -0.3 is 4.74 Å². The Balaban J connectivity index is 1.58. The third-order valence-electron chi connectivity index (χ3n) is 3.65. The Morgan fingerprint density at radius 2 is 1.75 bits per heavy atom. The molecule has 0 saturated carbocycles. The second-order valence-corrected chi connectivity index (χ2v) is 6.97. The van der Waals surface area contributed by atoms with Crippen molar-refractivity contribution in [1.29, 1.82) is 0 Å². The lowest BCUT2D eigenvalue weighted by Gasteiger charge is -2.06. The van der Waals surface area contributed by atoms with Crippen molar-refractivity contribution < 1.29 is 14.3 Å². The fourth-order valence-corrected chi connectivity index (χ4v) is 2.88. The summed E-state index contributed by atoms with van der Waals surface area (Å²) in [5.41, 5.74) is 3.98. The topological polar surface area (TPSA) is 67.8 Å². The van der Waals surface area contributed by atoms with E-state index < -0.39 is 5.97 Å². The number of rotatable bonds is 5. The third kappa shape index (κ3) is 5.28. The Labute approximate surface area is 175 Å². The summed E-state index contributed by atoms with van der Waals surface area (Å²) < 4.78 is 6.12. The van der Waals surface area contributed by atoms with Crippen molar-refractivity contribution >= 4 is 45.6 Å². The number of ether oxygens (including phenoxy) is 1. The van der Waals surface area contributed by atoms with Crippen LogP contribution < -0.4 is 10.2 Å². The average Bonchev–Trinajstić information content (AvgIpc) is 2.69. The molecule has 3 aromatic carbocycles. The monoisotopic (exact) mass is 456 g/mol. The van der Waals surface area contributed by atoms with Crippen LogP contribution in [0.5, 0.6) is 5.75 Å². The molecule has 0 saturated heterocycles. The van der Waals surface area contributed by atoms with E-state index in [1.165, 1.54) is 6.21 Å². The summed E-state index contributed by atoms with van der Waals surface area (Å²) in [7, 11) is 0. The molecule has 0 unspecified atom stereocenters. The number of amides is 1. The first kappa shape index (κ1) is 19.8. The molecule has 7 heteroatoms. The number of hydrazone groups is 1. The summed E-state index contributed by atoms with van der Waals surface area (Å²) in [5.74, 6) is -0.476. The molecule has 0 spiro atoms. The van der Waals surface area contributed by atoms with Gasteiger partial charge in [-0.25, -0.2) is 10.2 Å². The van der Waals surface area contributed by atoms with E-state index in [9.17, 15) is 9.59 Å². The van der Waals surface area contributed by atoms with Gasteiger partial charge in [0.25, 0.3) is 5.91 Å². The summed E-state index contributed by atoms with van der Waals surface area (Å²) in [6.07, 6.45) is 1.50. The number of esters is 1. The van der Waals surface area contributed by atoms with Crippen LogP contribution in [0.4, 0.5) is 0 Å². The molecule has 140 valence electrons. The van der Waals surface area contributed by atoms with Crippen LogP contribution in [0.25, 0.3) is 0 Å². The van der Waals surface area contributed by atoms with Gasteiger partial charge >= 0.3 is 5.97 Å². The van der Waals surface area contributed by atoms with Crippen molar-refractivity contribution in [3.63, 3.8) is 0 Å². The molecule has 0 heterocycles. The minimum atomic E-state index is -0.534. The van der Waals surface area contributed by atoms with Gasteiger partial charge in [0.05, 0.1) is 16.8 Å². The Morgan fingerprint density at radius 1 is 1.00 bits per heavy atom. The quantitative estimate of drug-likeness (QED) is 0.251. The highest BCUT2D eigenvalue weighted by Crippen LogP contribution is 2.19. The van der Waals surface area contributed by atoms with E-state index in [1.54, 1.807) is 66.7 Å². The fourth-order valence-electron chi connectivity index (χ4n) is 2.27. The van der Waals surface area contributed by atoms with Gasteiger partial charge in [0.1, 0.15) is 5.75 Å². The summed E-state index contributed by atoms with van der Waals surface area (Å²) in [5, 5.41) is 4.26. The summed E-state index contributed by atoms with van der Waals surface area (Å²) in [4.78, 5) is 24.2. The first-order chi connectivity index (χ1) is 13.5. The molecule has 1 N–H and O–H groups in total. The van der Waals surface area contributed by atoms with Gasteiger partial charge in [-0.15, -0.1) is 0 Å². The van der Waals surface area contributed by atoms with Gasteiger partial charge in [-0.1, -0.05) is 45.7 Å². The summed E-state index contributed by atoms with van der Waals surface area (Å²) in [6.45, 7) is 0. The van der Waals surface area contributed by atoms with Crippen LogP contribution in [0.3, 0.4) is 0 Å². The molecule has 5 nitrogen and oxygen atoms in total. The summed E-state index contributed by atoms with van der Waals surface area (Å²) in [6, 6.07) is 20.4. The van der Waals surface area contributed by atoms with Gasteiger partial charge in [-0.05, 0) is 60.2 Å². The van der Waals surface area contributed by atoms with Gasteiger partial charge in [0.15, 0.2) is 0 Å². The van der Waals surface area contributed by atoms with Crippen LogP contribution in [0, 0.1) is 0 Å². The smallest absolute Gasteiger partial charge is 0.345 e. The number of nitrogens with zero attached hydrogens (tertiary/aromatic N) is 1. The maximum absolute atomic E-state index is 12.1. The van der Waals surface area contributed by atoms with Gasteiger partial charge in [0.2, 0.25) is 0 Å². The molecule has 0 bridgehead atoms. The standard InChI is InChI=1S/C21H14BrClN2O3/c22-16-5-3-4-15(12-16)20(26)25-24-13-14-8-10-17(11-9-14)28-21(27)18-6-1-2-7-19(18)23/h1-13H,(H,25,26)/b24-13-. The molecule has 0 aliphatic heterocycles. The van der Waals surface area contributed by atoms with Gasteiger partial charge in [-0.3, -0.25) is 4.79 Å². The molecule has 0 aliphatic carbocycles. The molecule has 0 aliphatic rings. The highest BCUT2D eigenvalue weighted by Gasteiger charge is 2.12. The maximum Gasteiger partial charge on any atom is 0.345 e. The second kappa shape index (κ2) is 9.30. The number of benzene rings is 3. The predicted octanol–water partition coefficient (Wildman–Crippen LogP) is 5.09. The van der Waals surface area contributed by atoms with E-state index in [1.807, 2.05) is 6.07 Å². The molecule has 3 rings (SSSR count). The molecular weight excluding hydrogens is 444 g/mol. The van der Waals surface area contributed by atoms with Gasteiger partial charge in [-0.2, -0.15) is 5.10 Å². The zero-order chi connectivity index (χ0) is 19.9. The first-order valence-electron chi connectivity index (χ1n) is 8.19. The van der Waals surface area contributed by atoms with Crippen LogP contribution in [-0.2, 0) is 0 Å². The molecule has 0 fully saturated rings. The molecular formula is C21H14BrClN2O3. The number of nitrogens with one attached hydrogen (secondary N) is 1. The highest BCUT2D eigenvalue weighted by molar-refractivity contribution is 9.10. The molecule has 0 atom stereocenters. The van der Waals surface area contributed by atoms with Crippen LogP contribution >= 0.6 is 27.5 Å². The Hall–Kier alpha value is -2.96. The Bertz CT molecular complexity index is 1040. The maximum atomic E-state index is 12.1. The molecule has 1 amide bonds. The predicted molar refractivity (Wildman–Crippen MR) is 112 cm³/mol. The second-order valence-electron chi connectivity index (χ2n) is 5.65. The number of halogens is 2. The van der Waals surface area contributed by atoms with Crippen molar-refractivity contribution in [2.24, 2.45) is 5.10 Å². The number of carbonyl (C=O) groups is 2. The lowest BCUT2D eigenvalue weighted by atomic mass is 10.2. The zero-order valence-electron chi connectivity index (χ0n) is 14.4. The van der Waals surface area contributed by atoms with Gasteiger partial charge in [0, 0.05) is 10.0 Å². The van der Waals surface area contributed by atoms with Crippen LogP contribution in [0.15, 0.2) is 82.4 Å². The van der Waals surface area contributed by atoms with Crippen LogP contribution in [-0.4, -0.2) is 18.1 Å². The van der Waals surface area contributed by atoms with E-state index >= 15 is 0 Å². The van der Waals surface area contributed by atoms with Crippen LogP contribution in [0.1, 0.15) is 26.3 Å². The van der Waals surface area contributed by atoms with Crippen molar-refractivity contribution in [3.8, 4) is 5.75 Å². The Kier molecular flexibility index (Phi) is 6.57. The van der Waals surface area contributed by atoms with Crippen molar-refractivity contribution in [2.45, 2.75) is 0 Å². The number of hydrogen-bond acceptors (Lipinski definition) is 4. The largest absolute Gasteiger partial charge is 0.423 e. The average molecular weight is 458 g/mol. The van der Waals surface area contributed by atoms with E-state index in [4.69, 9.17) is 16.3 Å². The number of hydrogen-bond donors (Lipinski definition) is 1.